The number of aryl methyl sites for hydroxylation is 1. The SMILES string of the molecule is CCc1cccc(NC(=O)c2cn3cccnc3n2)n1.O=C(O)C(F)(F)F. The molecule has 2 N–H and O–H groups in total. The van der Waals surface area contributed by atoms with E-state index in [0.717, 1.165) is 12.1 Å². The van der Waals surface area contributed by atoms with Crippen LogP contribution in [0.4, 0.5) is 19.0 Å². The summed E-state index contributed by atoms with van der Waals surface area (Å²) in [5, 5.41) is 9.87. The van der Waals surface area contributed by atoms with Gasteiger partial charge in [0.15, 0.2) is 0 Å². The Morgan fingerprint density at radius 1 is 1.22 bits per heavy atom. The van der Waals surface area contributed by atoms with Gasteiger partial charge in [0.05, 0.1) is 0 Å². The molecule has 3 aromatic heterocycles. The van der Waals surface area contributed by atoms with Gasteiger partial charge in [-0.1, -0.05) is 13.0 Å². The number of rotatable bonds is 3. The number of aromatic nitrogens is 4. The van der Waals surface area contributed by atoms with Crippen LogP contribution < -0.4 is 5.32 Å². The molecule has 27 heavy (non-hydrogen) atoms. The standard InChI is InChI=1S/C14H13N5O.C2HF3O2/c1-2-10-5-3-6-12(16-10)18-13(20)11-9-19-8-4-7-15-14(19)17-11;3-2(4,5)1(6)7/h3-9H,2H2,1H3,(H,16,18,20);(H,6,7). The fourth-order valence-corrected chi connectivity index (χ4v) is 1.87. The molecule has 3 rings (SSSR count). The summed E-state index contributed by atoms with van der Waals surface area (Å²) in [7, 11) is 0. The van der Waals surface area contributed by atoms with Crippen molar-refractivity contribution in [3.63, 3.8) is 0 Å². The van der Waals surface area contributed by atoms with Crippen molar-refractivity contribution in [3.8, 4) is 0 Å². The van der Waals surface area contributed by atoms with Crippen LogP contribution in [0.15, 0.2) is 42.9 Å². The number of alkyl halides is 3. The second-order valence-electron chi connectivity index (χ2n) is 5.08. The summed E-state index contributed by atoms with van der Waals surface area (Å²) in [5.41, 5.74) is 1.24. The van der Waals surface area contributed by atoms with Crippen LogP contribution in [-0.4, -0.2) is 42.5 Å². The molecule has 0 bridgehead atoms. The number of hydrogen-bond donors (Lipinski definition) is 2. The number of amides is 1. The third-order valence-corrected chi connectivity index (χ3v) is 3.12. The number of carboxylic acid groups (broad SMARTS) is 1. The predicted molar refractivity (Wildman–Crippen MR) is 88.2 cm³/mol. The number of aliphatic carboxylic acids is 1. The van der Waals surface area contributed by atoms with E-state index in [1.54, 1.807) is 35.1 Å². The first-order chi connectivity index (χ1) is 12.7. The van der Waals surface area contributed by atoms with E-state index in [-0.39, 0.29) is 5.91 Å². The van der Waals surface area contributed by atoms with Gasteiger partial charge in [0.25, 0.3) is 5.91 Å². The molecule has 3 aromatic rings. The lowest BCUT2D eigenvalue weighted by Crippen LogP contribution is -2.21. The number of carbonyl (C=O) groups excluding carboxylic acids is 1. The van der Waals surface area contributed by atoms with E-state index in [9.17, 15) is 18.0 Å². The van der Waals surface area contributed by atoms with Crippen molar-refractivity contribution < 1.29 is 27.9 Å². The Hall–Kier alpha value is -3.50. The summed E-state index contributed by atoms with van der Waals surface area (Å²) in [4.78, 5) is 33.6. The molecule has 0 spiro atoms. The maximum Gasteiger partial charge on any atom is 0.490 e. The van der Waals surface area contributed by atoms with Crippen LogP contribution in [0.25, 0.3) is 5.78 Å². The van der Waals surface area contributed by atoms with E-state index in [2.05, 4.69) is 20.3 Å². The van der Waals surface area contributed by atoms with Crippen LogP contribution in [0, 0.1) is 0 Å². The average Bonchev–Trinajstić information content (AvgIpc) is 3.06. The first-order valence-corrected chi connectivity index (χ1v) is 7.58. The first-order valence-electron chi connectivity index (χ1n) is 7.58. The van der Waals surface area contributed by atoms with Crippen molar-refractivity contribution in [1.29, 1.82) is 0 Å². The number of nitrogens with one attached hydrogen (secondary N) is 1. The van der Waals surface area contributed by atoms with Crippen LogP contribution in [0.1, 0.15) is 23.1 Å². The number of halogens is 3. The Kier molecular flexibility index (Phi) is 6.06. The molecule has 1 amide bonds. The molecule has 142 valence electrons. The monoisotopic (exact) mass is 381 g/mol. The van der Waals surface area contributed by atoms with E-state index in [1.807, 2.05) is 19.1 Å². The van der Waals surface area contributed by atoms with Gasteiger partial charge < -0.3 is 10.4 Å². The van der Waals surface area contributed by atoms with Crippen LogP contribution in [-0.2, 0) is 11.2 Å². The fraction of sp³-hybridized carbons (Fsp3) is 0.188. The number of fused-ring (bicyclic) bond motifs is 1. The maximum absolute atomic E-state index is 12.1. The summed E-state index contributed by atoms with van der Waals surface area (Å²) in [5.74, 6) is -2.03. The third kappa shape index (κ3) is 5.49. The van der Waals surface area contributed by atoms with Gasteiger partial charge in [-0.25, -0.2) is 19.7 Å². The van der Waals surface area contributed by atoms with Crippen molar-refractivity contribution in [1.82, 2.24) is 19.4 Å². The smallest absolute Gasteiger partial charge is 0.475 e. The van der Waals surface area contributed by atoms with Crippen LogP contribution in [0.2, 0.25) is 0 Å². The molecule has 0 fully saturated rings. The number of imidazole rings is 1. The summed E-state index contributed by atoms with van der Waals surface area (Å²) in [6.45, 7) is 2.02. The second-order valence-corrected chi connectivity index (χ2v) is 5.08. The maximum atomic E-state index is 12.1. The molecule has 0 unspecified atom stereocenters. The van der Waals surface area contributed by atoms with Gasteiger partial charge >= 0.3 is 12.1 Å². The molecular weight excluding hydrogens is 367 g/mol. The highest BCUT2D eigenvalue weighted by molar-refractivity contribution is 6.02. The van der Waals surface area contributed by atoms with E-state index in [4.69, 9.17) is 9.90 Å². The molecule has 0 saturated carbocycles. The molecule has 3 heterocycles. The number of anilines is 1. The second kappa shape index (κ2) is 8.25. The number of carboxylic acids is 1. The highest BCUT2D eigenvalue weighted by Crippen LogP contribution is 2.13. The lowest BCUT2D eigenvalue weighted by atomic mass is 10.3. The molecule has 8 nitrogen and oxygen atoms in total. The Bertz CT molecular complexity index is 923. The molecule has 0 aliphatic heterocycles. The quantitative estimate of drug-likeness (QED) is 0.722. The molecular formula is C16H14F3N5O3. The van der Waals surface area contributed by atoms with Gasteiger partial charge in [0, 0.05) is 24.3 Å². The third-order valence-electron chi connectivity index (χ3n) is 3.12. The largest absolute Gasteiger partial charge is 0.490 e. The number of nitrogens with zero attached hydrogens (tertiary/aromatic N) is 4. The molecule has 0 aliphatic carbocycles. The number of pyridine rings is 1. The Morgan fingerprint density at radius 3 is 2.52 bits per heavy atom. The van der Waals surface area contributed by atoms with Crippen molar-refractivity contribution in [3.05, 3.63) is 54.2 Å². The van der Waals surface area contributed by atoms with Gasteiger partial charge in [-0.15, -0.1) is 0 Å². The summed E-state index contributed by atoms with van der Waals surface area (Å²) >= 11 is 0. The van der Waals surface area contributed by atoms with Gasteiger partial charge in [-0.05, 0) is 24.6 Å². The molecule has 0 radical (unpaired) electrons. The first kappa shape index (κ1) is 19.8. The minimum Gasteiger partial charge on any atom is -0.475 e. The number of hydrogen-bond acceptors (Lipinski definition) is 5. The zero-order valence-electron chi connectivity index (χ0n) is 13.9. The van der Waals surface area contributed by atoms with Crippen LogP contribution in [0.3, 0.4) is 0 Å². The van der Waals surface area contributed by atoms with Crippen LogP contribution >= 0.6 is 0 Å². The zero-order chi connectivity index (χ0) is 20.0. The normalized spacial score (nSPS) is 10.8. The Balaban J connectivity index is 0.000000321. The molecule has 0 saturated heterocycles. The summed E-state index contributed by atoms with van der Waals surface area (Å²) < 4.78 is 33.4. The highest BCUT2D eigenvalue weighted by atomic mass is 19.4. The van der Waals surface area contributed by atoms with Gasteiger partial charge in [-0.2, -0.15) is 13.2 Å². The van der Waals surface area contributed by atoms with E-state index in [0.29, 0.717) is 17.3 Å². The van der Waals surface area contributed by atoms with Crippen molar-refractivity contribution in [2.45, 2.75) is 19.5 Å². The van der Waals surface area contributed by atoms with Crippen molar-refractivity contribution in [2.75, 3.05) is 5.32 Å². The predicted octanol–water partition coefficient (Wildman–Crippen LogP) is 2.57. The molecule has 0 atom stereocenters. The van der Waals surface area contributed by atoms with E-state index in [1.165, 1.54) is 0 Å². The van der Waals surface area contributed by atoms with Gasteiger partial charge in [-0.3, -0.25) is 9.20 Å². The summed E-state index contributed by atoms with van der Waals surface area (Å²) in [6, 6.07) is 7.32. The van der Waals surface area contributed by atoms with Crippen LogP contribution in [0.5, 0.6) is 0 Å². The highest BCUT2D eigenvalue weighted by Gasteiger charge is 2.38. The van der Waals surface area contributed by atoms with E-state index < -0.39 is 12.1 Å². The lowest BCUT2D eigenvalue weighted by molar-refractivity contribution is -0.192. The van der Waals surface area contributed by atoms with Gasteiger partial charge in [0.2, 0.25) is 5.78 Å². The molecule has 11 heteroatoms. The minimum atomic E-state index is -5.08. The zero-order valence-corrected chi connectivity index (χ0v) is 13.9. The topological polar surface area (TPSA) is 109 Å². The number of carbonyl (C=O) groups is 2. The molecule has 0 aliphatic rings. The Labute approximate surface area is 150 Å². The van der Waals surface area contributed by atoms with E-state index >= 15 is 0 Å². The average molecular weight is 381 g/mol. The fourth-order valence-electron chi connectivity index (χ4n) is 1.87. The van der Waals surface area contributed by atoms with Crippen molar-refractivity contribution in [2.24, 2.45) is 0 Å². The Morgan fingerprint density at radius 2 is 1.93 bits per heavy atom. The summed E-state index contributed by atoms with van der Waals surface area (Å²) in [6.07, 6.45) is 0.807. The molecule has 0 aromatic carbocycles. The van der Waals surface area contributed by atoms with Crippen molar-refractivity contribution >= 4 is 23.5 Å². The lowest BCUT2D eigenvalue weighted by Gasteiger charge is -2.03. The minimum absolute atomic E-state index is 0.295. The van der Waals surface area contributed by atoms with Gasteiger partial charge in [0.1, 0.15) is 11.5 Å².